The SMILES string of the molecule is Cl.O=C(CC1CC2CCC1C2)N1CCC2(CCNC2)CC1. The van der Waals surface area contributed by atoms with Gasteiger partial charge in [0.15, 0.2) is 0 Å². The molecule has 2 aliphatic carbocycles. The first kappa shape index (κ1) is 15.6. The number of fused-ring (bicyclic) bond motifs is 2. The summed E-state index contributed by atoms with van der Waals surface area (Å²) >= 11 is 0. The Morgan fingerprint density at radius 3 is 2.52 bits per heavy atom. The highest BCUT2D eigenvalue weighted by Crippen LogP contribution is 2.49. The zero-order valence-electron chi connectivity index (χ0n) is 13.0. The minimum absolute atomic E-state index is 0. The predicted octanol–water partition coefficient (Wildman–Crippen LogP) is 2.84. The lowest BCUT2D eigenvalue weighted by Gasteiger charge is -2.39. The molecule has 4 heteroatoms. The van der Waals surface area contributed by atoms with Gasteiger partial charge in [-0.25, -0.2) is 0 Å². The van der Waals surface area contributed by atoms with E-state index in [1.165, 1.54) is 58.0 Å². The summed E-state index contributed by atoms with van der Waals surface area (Å²) in [5.41, 5.74) is 0.531. The van der Waals surface area contributed by atoms with Gasteiger partial charge in [0.05, 0.1) is 0 Å². The predicted molar refractivity (Wildman–Crippen MR) is 86.5 cm³/mol. The Morgan fingerprint density at radius 1 is 1.14 bits per heavy atom. The van der Waals surface area contributed by atoms with Gasteiger partial charge in [-0.2, -0.15) is 0 Å². The van der Waals surface area contributed by atoms with Crippen LogP contribution < -0.4 is 5.32 Å². The van der Waals surface area contributed by atoms with Gasteiger partial charge in [-0.1, -0.05) is 6.42 Å². The second-order valence-electron chi connectivity index (χ2n) is 7.95. The number of hydrogen-bond donors (Lipinski definition) is 1. The second kappa shape index (κ2) is 6.08. The number of carbonyl (C=O) groups excluding carboxylic acids is 1. The lowest BCUT2D eigenvalue weighted by molar-refractivity contribution is -0.134. The molecule has 4 rings (SSSR count). The number of nitrogens with zero attached hydrogens (tertiary/aromatic N) is 1. The Hall–Kier alpha value is -0.280. The summed E-state index contributed by atoms with van der Waals surface area (Å²) < 4.78 is 0. The quantitative estimate of drug-likeness (QED) is 0.850. The van der Waals surface area contributed by atoms with E-state index in [1.54, 1.807) is 0 Å². The highest BCUT2D eigenvalue weighted by molar-refractivity contribution is 5.85. The van der Waals surface area contributed by atoms with Crippen LogP contribution in [0.2, 0.25) is 0 Å². The van der Waals surface area contributed by atoms with Crippen molar-refractivity contribution in [1.82, 2.24) is 10.2 Å². The number of likely N-dealkylation sites (tertiary alicyclic amines) is 1. The van der Waals surface area contributed by atoms with Crippen LogP contribution in [0.3, 0.4) is 0 Å². The van der Waals surface area contributed by atoms with Crippen LogP contribution in [-0.4, -0.2) is 37.0 Å². The van der Waals surface area contributed by atoms with Crippen LogP contribution in [0.1, 0.15) is 51.4 Å². The molecule has 2 saturated carbocycles. The van der Waals surface area contributed by atoms with E-state index < -0.39 is 0 Å². The van der Waals surface area contributed by atoms with Gasteiger partial charge in [-0.15, -0.1) is 12.4 Å². The lowest BCUT2D eigenvalue weighted by atomic mass is 9.77. The highest BCUT2D eigenvalue weighted by atomic mass is 35.5. The van der Waals surface area contributed by atoms with Crippen LogP contribution in [-0.2, 0) is 4.79 Å². The molecule has 0 radical (unpaired) electrons. The monoisotopic (exact) mass is 312 g/mol. The Labute approximate surface area is 134 Å². The van der Waals surface area contributed by atoms with E-state index >= 15 is 0 Å². The summed E-state index contributed by atoms with van der Waals surface area (Å²) in [5.74, 6) is 3.04. The first-order chi connectivity index (χ1) is 9.74. The summed E-state index contributed by atoms with van der Waals surface area (Å²) in [6, 6.07) is 0. The number of carbonyl (C=O) groups is 1. The molecule has 2 bridgehead atoms. The maximum absolute atomic E-state index is 12.5. The maximum atomic E-state index is 12.5. The van der Waals surface area contributed by atoms with Crippen molar-refractivity contribution in [1.29, 1.82) is 0 Å². The van der Waals surface area contributed by atoms with Crippen molar-refractivity contribution >= 4 is 18.3 Å². The Kier molecular flexibility index (Phi) is 4.52. The van der Waals surface area contributed by atoms with Crippen molar-refractivity contribution in [3.8, 4) is 0 Å². The molecule has 1 amide bonds. The number of rotatable bonds is 2. The van der Waals surface area contributed by atoms with Gasteiger partial charge in [-0.3, -0.25) is 4.79 Å². The molecule has 120 valence electrons. The number of hydrogen-bond acceptors (Lipinski definition) is 2. The average Bonchev–Trinajstić information content (AvgIpc) is 3.17. The number of halogens is 1. The topological polar surface area (TPSA) is 32.3 Å². The van der Waals surface area contributed by atoms with Gasteiger partial charge in [0.1, 0.15) is 0 Å². The molecule has 0 aromatic carbocycles. The van der Waals surface area contributed by atoms with Crippen LogP contribution in [0, 0.1) is 23.2 Å². The smallest absolute Gasteiger partial charge is 0.222 e. The first-order valence-electron chi connectivity index (χ1n) is 8.73. The zero-order valence-corrected chi connectivity index (χ0v) is 13.8. The highest BCUT2D eigenvalue weighted by Gasteiger charge is 2.42. The van der Waals surface area contributed by atoms with E-state index in [0.717, 1.165) is 37.3 Å². The van der Waals surface area contributed by atoms with Crippen molar-refractivity contribution in [2.45, 2.75) is 51.4 Å². The summed E-state index contributed by atoms with van der Waals surface area (Å²) in [6.07, 6.45) is 10.2. The van der Waals surface area contributed by atoms with E-state index in [2.05, 4.69) is 10.2 Å². The van der Waals surface area contributed by atoms with Gasteiger partial charge in [0.2, 0.25) is 5.91 Å². The van der Waals surface area contributed by atoms with Crippen molar-refractivity contribution in [3.05, 3.63) is 0 Å². The molecule has 0 aromatic heterocycles. The number of piperidine rings is 1. The minimum Gasteiger partial charge on any atom is -0.343 e. The van der Waals surface area contributed by atoms with Crippen LogP contribution in [0.25, 0.3) is 0 Å². The molecule has 2 heterocycles. The fraction of sp³-hybridized carbons (Fsp3) is 0.941. The third-order valence-electron chi connectivity index (χ3n) is 6.83. The van der Waals surface area contributed by atoms with E-state index in [9.17, 15) is 4.79 Å². The zero-order chi connectivity index (χ0) is 13.6. The Balaban J connectivity index is 0.00000132. The van der Waals surface area contributed by atoms with Crippen LogP contribution >= 0.6 is 12.4 Å². The average molecular weight is 313 g/mol. The van der Waals surface area contributed by atoms with Gasteiger partial charge in [0, 0.05) is 26.1 Å². The van der Waals surface area contributed by atoms with Gasteiger partial charge in [-0.05, 0) is 68.2 Å². The number of amides is 1. The van der Waals surface area contributed by atoms with Gasteiger partial charge < -0.3 is 10.2 Å². The fourth-order valence-corrected chi connectivity index (χ4v) is 5.43. The molecule has 3 unspecified atom stereocenters. The van der Waals surface area contributed by atoms with Gasteiger partial charge in [0.25, 0.3) is 0 Å². The molecule has 4 aliphatic rings. The van der Waals surface area contributed by atoms with Crippen molar-refractivity contribution < 1.29 is 4.79 Å². The summed E-state index contributed by atoms with van der Waals surface area (Å²) in [7, 11) is 0. The molecule has 1 spiro atoms. The summed E-state index contributed by atoms with van der Waals surface area (Å²) in [6.45, 7) is 4.39. The third kappa shape index (κ3) is 2.96. The summed E-state index contributed by atoms with van der Waals surface area (Å²) in [4.78, 5) is 14.7. The van der Waals surface area contributed by atoms with Crippen LogP contribution in [0.5, 0.6) is 0 Å². The van der Waals surface area contributed by atoms with Crippen molar-refractivity contribution in [3.63, 3.8) is 0 Å². The molecule has 3 atom stereocenters. The third-order valence-corrected chi connectivity index (χ3v) is 6.83. The maximum Gasteiger partial charge on any atom is 0.222 e. The van der Waals surface area contributed by atoms with Crippen LogP contribution in [0.4, 0.5) is 0 Å². The molecule has 2 saturated heterocycles. The molecular formula is C17H29ClN2O. The molecule has 2 aliphatic heterocycles. The molecule has 1 N–H and O–H groups in total. The van der Waals surface area contributed by atoms with Gasteiger partial charge >= 0.3 is 0 Å². The Morgan fingerprint density at radius 2 is 1.95 bits per heavy atom. The van der Waals surface area contributed by atoms with E-state index in [-0.39, 0.29) is 12.4 Å². The largest absolute Gasteiger partial charge is 0.343 e. The minimum atomic E-state index is 0. The van der Waals surface area contributed by atoms with Crippen molar-refractivity contribution in [2.75, 3.05) is 26.2 Å². The van der Waals surface area contributed by atoms with E-state index in [1.807, 2.05) is 0 Å². The normalized spacial score (nSPS) is 37.0. The molecule has 21 heavy (non-hydrogen) atoms. The molecule has 4 fully saturated rings. The van der Waals surface area contributed by atoms with Crippen molar-refractivity contribution in [2.24, 2.45) is 23.2 Å². The summed E-state index contributed by atoms with van der Waals surface area (Å²) in [5, 5.41) is 3.50. The number of nitrogens with one attached hydrogen (secondary N) is 1. The van der Waals surface area contributed by atoms with E-state index in [4.69, 9.17) is 0 Å². The Bertz CT molecular complexity index is 384. The van der Waals surface area contributed by atoms with E-state index in [0.29, 0.717) is 11.3 Å². The first-order valence-corrected chi connectivity index (χ1v) is 8.73. The molecule has 3 nitrogen and oxygen atoms in total. The molecular weight excluding hydrogens is 284 g/mol. The molecule has 0 aromatic rings. The van der Waals surface area contributed by atoms with Crippen LogP contribution in [0.15, 0.2) is 0 Å². The lowest BCUT2D eigenvalue weighted by Crippen LogP contribution is -2.44. The fourth-order valence-electron chi connectivity index (χ4n) is 5.43. The standard InChI is InChI=1S/C17H28N2O.ClH/c20-16(11-15-10-13-1-2-14(15)9-13)19-7-4-17(5-8-19)3-6-18-12-17;/h13-15,18H,1-12H2;1H. The second-order valence-corrected chi connectivity index (χ2v) is 7.95.